The summed E-state index contributed by atoms with van der Waals surface area (Å²) in [4.78, 5) is 0. The number of ether oxygens (including phenoxy) is 2. The molecule has 1 rings (SSSR count). The third kappa shape index (κ3) is 4.29. The van der Waals surface area contributed by atoms with E-state index in [2.05, 4.69) is 5.32 Å². The van der Waals surface area contributed by atoms with Crippen molar-refractivity contribution in [3.63, 3.8) is 0 Å². The second-order valence-corrected chi connectivity index (χ2v) is 3.17. The minimum Gasteiger partial charge on any atom is -0.497 e. The lowest BCUT2D eigenvalue weighted by atomic mass is 10.2. The van der Waals surface area contributed by atoms with E-state index < -0.39 is 6.29 Å². The summed E-state index contributed by atoms with van der Waals surface area (Å²) in [5, 5.41) is 12.2. The molecule has 1 atom stereocenters. The number of methoxy groups -OCH3 is 2. The molecular formula is C11H17NO3. The second kappa shape index (κ2) is 6.40. The van der Waals surface area contributed by atoms with Gasteiger partial charge < -0.3 is 19.9 Å². The van der Waals surface area contributed by atoms with E-state index in [4.69, 9.17) is 14.6 Å². The maximum absolute atomic E-state index is 9.11. The molecule has 0 fully saturated rings. The molecule has 1 aromatic rings. The number of hydrogen-bond acceptors (Lipinski definition) is 4. The van der Waals surface area contributed by atoms with Crippen molar-refractivity contribution in [2.24, 2.45) is 0 Å². The smallest absolute Gasteiger partial charge is 0.166 e. The van der Waals surface area contributed by atoms with Gasteiger partial charge in [0.2, 0.25) is 0 Å². The zero-order chi connectivity index (χ0) is 11.1. The van der Waals surface area contributed by atoms with Gasteiger partial charge in [-0.3, -0.25) is 0 Å². The molecule has 0 spiro atoms. The highest BCUT2D eigenvalue weighted by molar-refractivity contribution is 5.26. The molecule has 2 N–H and O–H groups in total. The molecule has 4 nitrogen and oxygen atoms in total. The molecule has 84 valence electrons. The maximum atomic E-state index is 9.11. The molecule has 0 aromatic heterocycles. The van der Waals surface area contributed by atoms with Crippen LogP contribution < -0.4 is 10.1 Å². The molecule has 0 heterocycles. The Labute approximate surface area is 89.8 Å². The van der Waals surface area contributed by atoms with Crippen LogP contribution >= 0.6 is 0 Å². The van der Waals surface area contributed by atoms with Crippen LogP contribution in [0, 0.1) is 0 Å². The van der Waals surface area contributed by atoms with Crippen LogP contribution in [0.4, 0.5) is 0 Å². The standard InChI is InChI=1S/C11H17NO3/c1-14-10-5-3-9(4-6-10)7-12-8-11(13)15-2/h3-6,11-13H,7-8H2,1-2H3. The van der Waals surface area contributed by atoms with E-state index in [9.17, 15) is 0 Å². The normalized spacial score (nSPS) is 12.5. The summed E-state index contributed by atoms with van der Waals surface area (Å²) < 4.78 is 9.75. The molecule has 0 radical (unpaired) electrons. The molecule has 1 unspecified atom stereocenters. The van der Waals surface area contributed by atoms with Crippen molar-refractivity contribution in [1.82, 2.24) is 5.32 Å². The molecule has 0 aliphatic carbocycles. The zero-order valence-corrected chi connectivity index (χ0v) is 9.06. The van der Waals surface area contributed by atoms with Gasteiger partial charge in [-0.15, -0.1) is 0 Å². The van der Waals surface area contributed by atoms with Gasteiger partial charge in [0, 0.05) is 20.2 Å². The second-order valence-electron chi connectivity index (χ2n) is 3.17. The Morgan fingerprint density at radius 1 is 1.27 bits per heavy atom. The minimum atomic E-state index is -0.747. The van der Waals surface area contributed by atoms with Gasteiger partial charge in [0.05, 0.1) is 7.11 Å². The lowest BCUT2D eigenvalue weighted by molar-refractivity contribution is -0.0709. The summed E-state index contributed by atoms with van der Waals surface area (Å²) in [5.74, 6) is 0.843. The first-order chi connectivity index (χ1) is 7.26. The van der Waals surface area contributed by atoms with Crippen LogP contribution in [0.1, 0.15) is 5.56 Å². The first-order valence-corrected chi connectivity index (χ1v) is 4.80. The SMILES string of the molecule is COc1ccc(CNCC(O)OC)cc1. The number of aliphatic hydroxyl groups is 1. The Kier molecular flexibility index (Phi) is 5.10. The van der Waals surface area contributed by atoms with Gasteiger partial charge in [-0.1, -0.05) is 12.1 Å². The van der Waals surface area contributed by atoms with Gasteiger partial charge in [0.1, 0.15) is 5.75 Å². The van der Waals surface area contributed by atoms with Crippen molar-refractivity contribution in [1.29, 1.82) is 0 Å². The van der Waals surface area contributed by atoms with E-state index in [0.29, 0.717) is 13.1 Å². The first kappa shape index (κ1) is 12.0. The monoisotopic (exact) mass is 211 g/mol. The summed E-state index contributed by atoms with van der Waals surface area (Å²) in [6.45, 7) is 1.12. The molecular weight excluding hydrogens is 194 g/mol. The Bertz CT molecular complexity index is 274. The highest BCUT2D eigenvalue weighted by Crippen LogP contribution is 2.10. The van der Waals surface area contributed by atoms with E-state index in [0.717, 1.165) is 11.3 Å². The quantitative estimate of drug-likeness (QED) is 0.682. The van der Waals surface area contributed by atoms with Gasteiger partial charge in [-0.05, 0) is 17.7 Å². The predicted molar refractivity (Wildman–Crippen MR) is 57.7 cm³/mol. The van der Waals surface area contributed by atoms with Crippen LogP contribution in [0.5, 0.6) is 5.75 Å². The van der Waals surface area contributed by atoms with Crippen LogP contribution in [-0.4, -0.2) is 32.2 Å². The summed E-state index contributed by atoms with van der Waals surface area (Å²) in [6, 6.07) is 7.77. The largest absolute Gasteiger partial charge is 0.497 e. The highest BCUT2D eigenvalue weighted by Gasteiger charge is 1.99. The van der Waals surface area contributed by atoms with Crippen LogP contribution in [0.2, 0.25) is 0 Å². The van der Waals surface area contributed by atoms with Crippen molar-refractivity contribution in [3.8, 4) is 5.75 Å². The maximum Gasteiger partial charge on any atom is 0.166 e. The fraction of sp³-hybridized carbons (Fsp3) is 0.455. The molecule has 1 aromatic carbocycles. The summed E-state index contributed by atoms with van der Waals surface area (Å²) in [5.41, 5.74) is 1.14. The molecule has 0 amide bonds. The summed E-state index contributed by atoms with van der Waals surface area (Å²) in [7, 11) is 3.11. The van der Waals surface area contributed by atoms with Crippen LogP contribution in [0.25, 0.3) is 0 Å². The lowest BCUT2D eigenvalue weighted by Gasteiger charge is -2.09. The third-order valence-corrected chi connectivity index (χ3v) is 2.08. The van der Waals surface area contributed by atoms with Crippen LogP contribution in [-0.2, 0) is 11.3 Å². The molecule has 0 saturated carbocycles. The van der Waals surface area contributed by atoms with E-state index in [1.165, 1.54) is 7.11 Å². The highest BCUT2D eigenvalue weighted by atomic mass is 16.6. The number of aliphatic hydroxyl groups excluding tert-OH is 1. The topological polar surface area (TPSA) is 50.7 Å². The molecule has 4 heteroatoms. The summed E-state index contributed by atoms with van der Waals surface area (Å²) >= 11 is 0. The third-order valence-electron chi connectivity index (χ3n) is 2.08. The lowest BCUT2D eigenvalue weighted by Crippen LogP contribution is -2.27. The molecule has 0 saturated heterocycles. The molecule has 0 aliphatic heterocycles. The number of hydrogen-bond donors (Lipinski definition) is 2. The van der Waals surface area contributed by atoms with E-state index in [-0.39, 0.29) is 0 Å². The average molecular weight is 211 g/mol. The van der Waals surface area contributed by atoms with Crippen molar-refractivity contribution in [2.45, 2.75) is 12.8 Å². The molecule has 15 heavy (non-hydrogen) atoms. The Morgan fingerprint density at radius 2 is 1.93 bits per heavy atom. The molecule has 0 bridgehead atoms. The first-order valence-electron chi connectivity index (χ1n) is 4.80. The predicted octanol–water partition coefficient (Wildman–Crippen LogP) is 0.750. The van der Waals surface area contributed by atoms with E-state index in [1.807, 2.05) is 24.3 Å². The average Bonchev–Trinajstić information content (AvgIpc) is 2.29. The van der Waals surface area contributed by atoms with Crippen molar-refractivity contribution >= 4 is 0 Å². The number of rotatable bonds is 6. The zero-order valence-electron chi connectivity index (χ0n) is 9.06. The fourth-order valence-electron chi connectivity index (χ4n) is 1.17. The Hall–Kier alpha value is -1.10. The van der Waals surface area contributed by atoms with Gasteiger partial charge in [0.15, 0.2) is 6.29 Å². The van der Waals surface area contributed by atoms with Gasteiger partial charge in [-0.2, -0.15) is 0 Å². The van der Waals surface area contributed by atoms with E-state index in [1.54, 1.807) is 7.11 Å². The van der Waals surface area contributed by atoms with Gasteiger partial charge in [0.25, 0.3) is 0 Å². The fourth-order valence-corrected chi connectivity index (χ4v) is 1.17. The van der Waals surface area contributed by atoms with Gasteiger partial charge in [-0.25, -0.2) is 0 Å². The van der Waals surface area contributed by atoms with Crippen molar-refractivity contribution < 1.29 is 14.6 Å². The molecule has 0 aliphatic rings. The Balaban J connectivity index is 2.31. The minimum absolute atomic E-state index is 0.419. The van der Waals surface area contributed by atoms with Crippen molar-refractivity contribution in [3.05, 3.63) is 29.8 Å². The Morgan fingerprint density at radius 3 is 2.47 bits per heavy atom. The van der Waals surface area contributed by atoms with Crippen LogP contribution in [0.3, 0.4) is 0 Å². The van der Waals surface area contributed by atoms with Crippen molar-refractivity contribution in [2.75, 3.05) is 20.8 Å². The number of benzene rings is 1. The van der Waals surface area contributed by atoms with Gasteiger partial charge >= 0.3 is 0 Å². The van der Waals surface area contributed by atoms with Crippen LogP contribution in [0.15, 0.2) is 24.3 Å². The summed E-state index contributed by atoms with van der Waals surface area (Å²) in [6.07, 6.45) is -0.747. The van der Waals surface area contributed by atoms with E-state index >= 15 is 0 Å². The number of nitrogens with one attached hydrogen (secondary N) is 1.